The van der Waals surface area contributed by atoms with E-state index in [4.69, 9.17) is 9.47 Å². The van der Waals surface area contributed by atoms with E-state index in [2.05, 4.69) is 20.4 Å². The van der Waals surface area contributed by atoms with E-state index in [1.54, 1.807) is 38.3 Å². The number of ether oxygens (including phenoxy) is 3. The van der Waals surface area contributed by atoms with Gasteiger partial charge in [0, 0.05) is 12.5 Å². The first kappa shape index (κ1) is 26.1. The third-order valence-corrected chi connectivity index (χ3v) is 6.36. The summed E-state index contributed by atoms with van der Waals surface area (Å²) in [5, 5.41) is 6.90. The summed E-state index contributed by atoms with van der Waals surface area (Å²) in [6.45, 7) is 4.47. The van der Waals surface area contributed by atoms with Gasteiger partial charge in [0.15, 0.2) is 10.8 Å². The fourth-order valence-electron chi connectivity index (χ4n) is 3.54. The van der Waals surface area contributed by atoms with Crippen molar-refractivity contribution in [3.05, 3.63) is 40.9 Å². The van der Waals surface area contributed by atoms with E-state index in [1.165, 1.54) is 12.5 Å². The van der Waals surface area contributed by atoms with Crippen molar-refractivity contribution < 1.29 is 33.4 Å². The highest BCUT2D eigenvalue weighted by Crippen LogP contribution is 2.29. The molecule has 0 radical (unpaired) electrons. The number of hydrogen-bond acceptors (Lipinski definition) is 9. The zero-order valence-electron chi connectivity index (χ0n) is 19.9. The van der Waals surface area contributed by atoms with Crippen molar-refractivity contribution in [3.8, 4) is 5.75 Å². The highest BCUT2D eigenvalue weighted by molar-refractivity contribution is 7.14. The fourth-order valence-corrected chi connectivity index (χ4v) is 4.23. The number of carbonyl (C=O) groups is 4. The predicted molar refractivity (Wildman–Crippen MR) is 127 cm³/mol. The zero-order valence-corrected chi connectivity index (χ0v) is 20.7. The van der Waals surface area contributed by atoms with Crippen LogP contribution in [0.3, 0.4) is 0 Å². The molecule has 0 saturated carbocycles. The third-order valence-electron chi connectivity index (χ3n) is 5.60. The van der Waals surface area contributed by atoms with Crippen molar-refractivity contribution in [2.75, 3.05) is 32.8 Å². The second kappa shape index (κ2) is 11.8. The van der Waals surface area contributed by atoms with Gasteiger partial charge in [-0.05, 0) is 23.6 Å². The Morgan fingerprint density at radius 3 is 2.54 bits per heavy atom. The number of carbonyl (C=O) groups excluding carboxylic acids is 4. The molecule has 188 valence electrons. The molecule has 1 aromatic heterocycles. The topological polar surface area (TPSA) is 136 Å². The summed E-state index contributed by atoms with van der Waals surface area (Å²) in [5.74, 6) is -1.47. The number of rotatable bonds is 11. The van der Waals surface area contributed by atoms with Crippen LogP contribution in [0.4, 0.5) is 9.93 Å². The highest BCUT2D eigenvalue weighted by atomic mass is 32.1. The SMILES string of the molecule is CC[C@H](C)[C@@H](C(=O)Nc1nc(C(=O)OC)cs1)N1C(=O)NC(c2ccc(OCCOC)cc2)C1=O. The Bertz CT molecular complexity index is 1070. The van der Waals surface area contributed by atoms with Gasteiger partial charge in [-0.15, -0.1) is 11.3 Å². The van der Waals surface area contributed by atoms with Crippen LogP contribution in [0.25, 0.3) is 0 Å². The van der Waals surface area contributed by atoms with E-state index in [1.807, 2.05) is 6.92 Å². The maximum absolute atomic E-state index is 13.3. The molecule has 11 nitrogen and oxygen atoms in total. The maximum atomic E-state index is 13.3. The molecule has 0 spiro atoms. The highest BCUT2D eigenvalue weighted by Gasteiger charge is 2.47. The number of amides is 4. The van der Waals surface area contributed by atoms with Crippen LogP contribution in [0.5, 0.6) is 5.75 Å². The van der Waals surface area contributed by atoms with Crippen LogP contribution in [-0.2, 0) is 19.1 Å². The maximum Gasteiger partial charge on any atom is 0.357 e. The molecule has 2 aromatic rings. The largest absolute Gasteiger partial charge is 0.491 e. The van der Waals surface area contributed by atoms with Crippen molar-refractivity contribution in [2.24, 2.45) is 5.92 Å². The molecule has 0 aliphatic carbocycles. The van der Waals surface area contributed by atoms with Crippen molar-refractivity contribution in [1.29, 1.82) is 0 Å². The molecule has 1 saturated heterocycles. The monoisotopic (exact) mass is 504 g/mol. The molecule has 1 aliphatic rings. The molecule has 1 aliphatic heterocycles. The van der Waals surface area contributed by atoms with Crippen LogP contribution in [0.2, 0.25) is 0 Å². The van der Waals surface area contributed by atoms with Crippen molar-refractivity contribution >= 4 is 40.3 Å². The minimum Gasteiger partial charge on any atom is -0.491 e. The van der Waals surface area contributed by atoms with E-state index in [9.17, 15) is 19.2 Å². The van der Waals surface area contributed by atoms with Crippen molar-refractivity contribution in [3.63, 3.8) is 0 Å². The fraction of sp³-hybridized carbons (Fsp3) is 0.435. The number of hydrogen-bond donors (Lipinski definition) is 2. The van der Waals surface area contributed by atoms with Crippen LogP contribution >= 0.6 is 11.3 Å². The van der Waals surface area contributed by atoms with Crippen LogP contribution in [-0.4, -0.2) is 67.2 Å². The van der Waals surface area contributed by atoms with E-state index in [0.717, 1.165) is 16.2 Å². The number of imide groups is 1. The normalized spacial score (nSPS) is 17.0. The molecule has 3 atom stereocenters. The second-order valence-electron chi connectivity index (χ2n) is 7.85. The molecule has 1 unspecified atom stereocenters. The lowest BCUT2D eigenvalue weighted by atomic mass is 9.96. The minimum absolute atomic E-state index is 0.0533. The molecule has 2 N–H and O–H groups in total. The van der Waals surface area contributed by atoms with Gasteiger partial charge < -0.3 is 24.8 Å². The Kier molecular flexibility index (Phi) is 8.77. The molecule has 4 amide bonds. The van der Waals surface area contributed by atoms with Crippen LogP contribution in [0.15, 0.2) is 29.6 Å². The molecule has 35 heavy (non-hydrogen) atoms. The predicted octanol–water partition coefficient (Wildman–Crippen LogP) is 2.60. The quantitative estimate of drug-likeness (QED) is 0.271. The lowest BCUT2D eigenvalue weighted by molar-refractivity contribution is -0.135. The first-order chi connectivity index (χ1) is 16.8. The summed E-state index contributed by atoms with van der Waals surface area (Å²) in [6.07, 6.45) is 0.540. The van der Waals surface area contributed by atoms with Crippen LogP contribution < -0.4 is 15.4 Å². The van der Waals surface area contributed by atoms with Crippen LogP contribution in [0, 0.1) is 5.92 Å². The lowest BCUT2D eigenvalue weighted by Gasteiger charge is -2.28. The zero-order chi connectivity index (χ0) is 25.5. The summed E-state index contributed by atoms with van der Waals surface area (Å²) >= 11 is 1.04. The lowest BCUT2D eigenvalue weighted by Crippen LogP contribution is -2.51. The number of methoxy groups -OCH3 is 2. The standard InChI is InChI=1S/C23H28N4O7S/c1-5-13(2)18(19(28)26-22-24-16(12-35-22)21(30)33-4)27-20(29)17(25-23(27)31)14-6-8-15(9-7-14)34-11-10-32-3/h6-9,12-13,17-18H,5,10-11H2,1-4H3,(H,25,31)(H,24,26,28)/t13-,17?,18-/m0/s1. The molecule has 1 aromatic carbocycles. The molecular weight excluding hydrogens is 476 g/mol. The second-order valence-corrected chi connectivity index (χ2v) is 8.71. The first-order valence-electron chi connectivity index (χ1n) is 11.0. The van der Waals surface area contributed by atoms with Gasteiger partial charge in [-0.2, -0.15) is 0 Å². The van der Waals surface area contributed by atoms with E-state index in [-0.39, 0.29) is 16.7 Å². The first-order valence-corrected chi connectivity index (χ1v) is 11.9. The summed E-state index contributed by atoms with van der Waals surface area (Å²) in [7, 11) is 2.81. The van der Waals surface area contributed by atoms with Gasteiger partial charge >= 0.3 is 12.0 Å². The summed E-state index contributed by atoms with van der Waals surface area (Å²) in [4.78, 5) is 56.0. The Morgan fingerprint density at radius 1 is 1.20 bits per heavy atom. The van der Waals surface area contributed by atoms with Crippen molar-refractivity contribution in [2.45, 2.75) is 32.4 Å². The number of urea groups is 1. The van der Waals surface area contributed by atoms with Crippen LogP contribution in [0.1, 0.15) is 42.4 Å². The number of aromatic nitrogens is 1. The average Bonchev–Trinajstić information content (AvgIpc) is 3.44. The molecule has 2 heterocycles. The van der Waals surface area contributed by atoms with Gasteiger partial charge in [-0.3, -0.25) is 9.59 Å². The number of anilines is 1. The summed E-state index contributed by atoms with van der Waals surface area (Å²) in [5.41, 5.74) is 0.619. The average molecular weight is 505 g/mol. The Balaban J connectivity index is 1.77. The van der Waals surface area contributed by atoms with Gasteiger partial charge in [0.2, 0.25) is 5.91 Å². The number of nitrogens with one attached hydrogen (secondary N) is 2. The van der Waals surface area contributed by atoms with Gasteiger partial charge in [0.05, 0.1) is 13.7 Å². The van der Waals surface area contributed by atoms with Gasteiger partial charge in [-0.25, -0.2) is 19.5 Å². The third kappa shape index (κ3) is 5.95. The van der Waals surface area contributed by atoms with E-state index >= 15 is 0 Å². The number of thiazole rings is 1. The molecule has 0 bridgehead atoms. The Morgan fingerprint density at radius 2 is 1.91 bits per heavy atom. The number of benzene rings is 1. The van der Waals surface area contributed by atoms with E-state index < -0.39 is 35.9 Å². The smallest absolute Gasteiger partial charge is 0.357 e. The molecule has 1 fully saturated rings. The van der Waals surface area contributed by atoms with Gasteiger partial charge in [-0.1, -0.05) is 32.4 Å². The number of esters is 1. The van der Waals surface area contributed by atoms with E-state index in [0.29, 0.717) is 30.9 Å². The molecule has 12 heteroatoms. The molecular formula is C23H28N4O7S. The minimum atomic E-state index is -1.07. The van der Waals surface area contributed by atoms with Gasteiger partial charge in [0.1, 0.15) is 24.4 Å². The number of nitrogens with zero attached hydrogens (tertiary/aromatic N) is 2. The van der Waals surface area contributed by atoms with Crippen molar-refractivity contribution in [1.82, 2.24) is 15.2 Å². The summed E-state index contributed by atoms with van der Waals surface area (Å²) in [6, 6.07) is 4.13. The summed E-state index contributed by atoms with van der Waals surface area (Å²) < 4.78 is 15.1. The Hall–Kier alpha value is -3.51. The van der Waals surface area contributed by atoms with Gasteiger partial charge in [0.25, 0.3) is 5.91 Å². The Labute approximate surface area is 206 Å². The molecule has 3 rings (SSSR count).